The molecular formula is C25H26N10O2. The number of amidine groups is 1. The Labute approximate surface area is 213 Å². The number of carbonyl (C=O) groups is 1. The summed E-state index contributed by atoms with van der Waals surface area (Å²) in [5.74, 6) is 1.01. The highest BCUT2D eigenvalue weighted by Gasteiger charge is 2.18. The Kier molecular flexibility index (Phi) is 7.38. The van der Waals surface area contributed by atoms with Crippen LogP contribution in [0.5, 0.6) is 5.75 Å². The van der Waals surface area contributed by atoms with Crippen LogP contribution in [0.3, 0.4) is 0 Å². The molecule has 0 fully saturated rings. The number of hydrogen-bond acceptors (Lipinski definition) is 9. The fraction of sp³-hybridized carbons (Fsp3) is 0.120. The van der Waals surface area contributed by atoms with Gasteiger partial charge in [-0.3, -0.25) is 14.5 Å². The van der Waals surface area contributed by atoms with Gasteiger partial charge in [-0.05, 0) is 17.7 Å². The summed E-state index contributed by atoms with van der Waals surface area (Å²) < 4.78 is 7.23. The average Bonchev–Trinajstić information content (AvgIpc) is 3.34. The van der Waals surface area contributed by atoms with Crippen molar-refractivity contribution in [3.8, 4) is 17.1 Å². The molecule has 0 spiro atoms. The number of para-hydroxylation sites is 1. The molecule has 0 aliphatic rings. The molecule has 2 aromatic carbocycles. The van der Waals surface area contributed by atoms with Crippen molar-refractivity contribution in [2.24, 2.45) is 23.5 Å². The standard InChI is InChI=1S/C25H26N10O2/c1-28-20(12-18(26)15-8-5-4-6-9-15)32-25-29-13-17(22(27)36)24(33-25)31-19-11-7-10-16(21(19)37-3)23-30-14-35(2)34-23/h4-14H,26H2,1-3H3,(H2,27,36)(H2,28,29,31,32,33). The molecule has 4 rings (SSSR count). The van der Waals surface area contributed by atoms with Crippen molar-refractivity contribution in [2.45, 2.75) is 0 Å². The molecule has 2 aromatic heterocycles. The minimum absolute atomic E-state index is 0.0864. The predicted molar refractivity (Wildman–Crippen MR) is 142 cm³/mol. The molecule has 6 N–H and O–H groups in total. The maximum absolute atomic E-state index is 12.1. The third-order valence-corrected chi connectivity index (χ3v) is 5.25. The van der Waals surface area contributed by atoms with Gasteiger partial charge in [-0.25, -0.2) is 9.97 Å². The Morgan fingerprint density at radius 3 is 2.54 bits per heavy atom. The molecule has 0 aliphatic carbocycles. The molecular weight excluding hydrogens is 472 g/mol. The van der Waals surface area contributed by atoms with Gasteiger partial charge in [0.15, 0.2) is 11.6 Å². The van der Waals surface area contributed by atoms with E-state index >= 15 is 0 Å². The van der Waals surface area contributed by atoms with Crippen LogP contribution in [-0.4, -0.2) is 50.6 Å². The maximum Gasteiger partial charge on any atom is 0.254 e. The molecule has 0 atom stereocenters. The number of ether oxygens (including phenoxy) is 1. The molecule has 0 bridgehead atoms. The molecule has 12 nitrogen and oxygen atoms in total. The van der Waals surface area contributed by atoms with Crippen LogP contribution in [-0.2, 0) is 7.05 Å². The fourth-order valence-electron chi connectivity index (χ4n) is 3.47. The number of carbonyl (C=O) groups excluding carboxylic acids is 1. The van der Waals surface area contributed by atoms with E-state index in [-0.39, 0.29) is 17.3 Å². The molecule has 12 heteroatoms. The van der Waals surface area contributed by atoms with Gasteiger partial charge in [0.25, 0.3) is 5.91 Å². The Bertz CT molecular complexity index is 1480. The van der Waals surface area contributed by atoms with Gasteiger partial charge in [0.2, 0.25) is 5.95 Å². The summed E-state index contributed by atoms with van der Waals surface area (Å²) in [6.07, 6.45) is 4.59. The predicted octanol–water partition coefficient (Wildman–Crippen LogP) is 2.56. The van der Waals surface area contributed by atoms with Crippen molar-refractivity contribution in [2.75, 3.05) is 24.8 Å². The van der Waals surface area contributed by atoms with Gasteiger partial charge >= 0.3 is 0 Å². The zero-order valence-electron chi connectivity index (χ0n) is 20.5. The highest BCUT2D eigenvalue weighted by atomic mass is 16.5. The van der Waals surface area contributed by atoms with E-state index < -0.39 is 5.91 Å². The van der Waals surface area contributed by atoms with Gasteiger partial charge in [0.1, 0.15) is 23.5 Å². The molecule has 1 amide bonds. The number of aryl methyl sites for hydroxylation is 1. The number of nitrogens with one attached hydrogen (secondary N) is 2. The van der Waals surface area contributed by atoms with Gasteiger partial charge in [-0.2, -0.15) is 10.1 Å². The third kappa shape index (κ3) is 5.70. The first-order valence-electron chi connectivity index (χ1n) is 11.1. The minimum Gasteiger partial charge on any atom is -0.494 e. The third-order valence-electron chi connectivity index (χ3n) is 5.25. The van der Waals surface area contributed by atoms with Crippen LogP contribution in [0, 0.1) is 0 Å². The molecule has 0 aliphatic heterocycles. The summed E-state index contributed by atoms with van der Waals surface area (Å²) >= 11 is 0. The summed E-state index contributed by atoms with van der Waals surface area (Å²) in [5, 5.41) is 10.5. The lowest BCUT2D eigenvalue weighted by Gasteiger charge is -2.15. The number of amides is 1. The highest BCUT2D eigenvalue weighted by Crippen LogP contribution is 2.36. The maximum atomic E-state index is 12.1. The molecule has 0 saturated carbocycles. The van der Waals surface area contributed by atoms with Crippen molar-refractivity contribution in [3.05, 3.63) is 78.3 Å². The summed E-state index contributed by atoms with van der Waals surface area (Å²) in [6.45, 7) is 0. The number of rotatable bonds is 8. The SMILES string of the molecule is CN=C(C=C(N)c1ccccc1)Nc1ncc(C(N)=O)c(Nc2cccc(-c3ncn(C)n3)c2OC)n1. The summed E-state index contributed by atoms with van der Waals surface area (Å²) in [7, 11) is 4.91. The number of anilines is 3. The first-order valence-corrected chi connectivity index (χ1v) is 11.1. The number of aliphatic imine (C=N–C) groups is 1. The number of hydrogen-bond donors (Lipinski definition) is 4. The smallest absolute Gasteiger partial charge is 0.254 e. The molecule has 37 heavy (non-hydrogen) atoms. The molecule has 2 heterocycles. The average molecular weight is 499 g/mol. The van der Waals surface area contributed by atoms with Crippen molar-refractivity contribution >= 4 is 34.9 Å². The molecule has 0 saturated heterocycles. The van der Waals surface area contributed by atoms with Gasteiger partial charge < -0.3 is 26.8 Å². The van der Waals surface area contributed by atoms with Crippen LogP contribution in [0.4, 0.5) is 17.5 Å². The van der Waals surface area contributed by atoms with Gasteiger partial charge in [0.05, 0.1) is 18.4 Å². The molecule has 4 aromatic rings. The largest absolute Gasteiger partial charge is 0.494 e. The summed E-state index contributed by atoms with van der Waals surface area (Å²) in [6, 6.07) is 14.9. The van der Waals surface area contributed by atoms with Gasteiger partial charge in [-0.1, -0.05) is 36.4 Å². The Morgan fingerprint density at radius 2 is 1.89 bits per heavy atom. The van der Waals surface area contributed by atoms with Crippen molar-refractivity contribution in [1.29, 1.82) is 0 Å². The van der Waals surface area contributed by atoms with Crippen LogP contribution < -0.4 is 26.8 Å². The zero-order chi connectivity index (χ0) is 26.4. The van der Waals surface area contributed by atoms with E-state index in [1.165, 1.54) is 13.3 Å². The monoisotopic (exact) mass is 498 g/mol. The Morgan fingerprint density at radius 1 is 1.11 bits per heavy atom. The van der Waals surface area contributed by atoms with Gasteiger partial charge in [0, 0.05) is 32.1 Å². The molecule has 188 valence electrons. The van der Waals surface area contributed by atoms with E-state index in [9.17, 15) is 4.79 Å². The lowest BCUT2D eigenvalue weighted by atomic mass is 10.1. The van der Waals surface area contributed by atoms with E-state index in [1.54, 1.807) is 43.3 Å². The van der Waals surface area contributed by atoms with Crippen LogP contribution in [0.2, 0.25) is 0 Å². The summed E-state index contributed by atoms with van der Waals surface area (Å²) in [5.41, 5.74) is 14.4. The van der Waals surface area contributed by atoms with Crippen molar-refractivity contribution in [3.63, 3.8) is 0 Å². The van der Waals surface area contributed by atoms with Crippen LogP contribution >= 0.6 is 0 Å². The van der Waals surface area contributed by atoms with Crippen LogP contribution in [0.1, 0.15) is 15.9 Å². The van der Waals surface area contributed by atoms with Crippen molar-refractivity contribution < 1.29 is 9.53 Å². The number of methoxy groups -OCH3 is 1. The van der Waals surface area contributed by atoms with Crippen LogP contribution in [0.15, 0.2) is 72.1 Å². The second-order valence-electron chi connectivity index (χ2n) is 7.77. The quantitative estimate of drug-likeness (QED) is 0.210. The van der Waals surface area contributed by atoms with Crippen molar-refractivity contribution in [1.82, 2.24) is 24.7 Å². The molecule has 0 unspecified atom stereocenters. The van der Waals surface area contributed by atoms with E-state index in [2.05, 4.69) is 35.7 Å². The Hall–Kier alpha value is -5.26. The molecule has 0 radical (unpaired) electrons. The second-order valence-corrected chi connectivity index (χ2v) is 7.77. The fourth-order valence-corrected chi connectivity index (χ4v) is 3.47. The van der Waals surface area contributed by atoms with Gasteiger partial charge in [-0.15, -0.1) is 0 Å². The van der Waals surface area contributed by atoms with E-state index in [0.717, 1.165) is 5.56 Å². The Balaban J connectivity index is 1.67. The lowest BCUT2D eigenvalue weighted by Crippen LogP contribution is -2.18. The van der Waals surface area contributed by atoms with E-state index in [0.29, 0.717) is 34.4 Å². The zero-order valence-corrected chi connectivity index (χ0v) is 20.5. The second kappa shape index (κ2) is 11.0. The first-order chi connectivity index (χ1) is 17.9. The highest BCUT2D eigenvalue weighted by molar-refractivity contribution is 6.07. The van der Waals surface area contributed by atoms with E-state index in [1.807, 2.05) is 36.4 Å². The topological polar surface area (TPSA) is 171 Å². The number of nitrogens with zero attached hydrogens (tertiary/aromatic N) is 6. The first kappa shape index (κ1) is 24.9. The van der Waals surface area contributed by atoms with E-state index in [4.69, 9.17) is 16.2 Å². The minimum atomic E-state index is -0.701. The number of primary amides is 1. The normalized spacial score (nSPS) is 11.8. The number of nitrogens with two attached hydrogens (primary N) is 2. The summed E-state index contributed by atoms with van der Waals surface area (Å²) in [4.78, 5) is 29.3. The number of aromatic nitrogens is 5. The van der Waals surface area contributed by atoms with Crippen LogP contribution in [0.25, 0.3) is 17.1 Å². The lowest BCUT2D eigenvalue weighted by molar-refractivity contribution is 0.100. The number of benzene rings is 2.